The summed E-state index contributed by atoms with van der Waals surface area (Å²) in [4.78, 5) is 25.9. The Kier molecular flexibility index (Phi) is 7.85. The van der Waals surface area contributed by atoms with Crippen molar-refractivity contribution in [3.63, 3.8) is 0 Å². The number of amides is 1. The van der Waals surface area contributed by atoms with E-state index in [1.165, 1.54) is 7.11 Å². The van der Waals surface area contributed by atoms with Crippen LogP contribution in [0.15, 0.2) is 29.2 Å². The quantitative estimate of drug-likeness (QED) is 0.589. The van der Waals surface area contributed by atoms with Gasteiger partial charge >= 0.3 is 5.97 Å². The first-order valence-electron chi connectivity index (χ1n) is 6.75. The van der Waals surface area contributed by atoms with E-state index in [0.29, 0.717) is 25.9 Å². The lowest BCUT2D eigenvalue weighted by atomic mass is 10.3. The molecule has 21 heavy (non-hydrogen) atoms. The lowest BCUT2D eigenvalue weighted by Gasteiger charge is -2.16. The van der Waals surface area contributed by atoms with Gasteiger partial charge in [0.2, 0.25) is 5.91 Å². The fraction of sp³-hybridized carbons (Fsp3) is 0.467. The summed E-state index contributed by atoms with van der Waals surface area (Å²) in [6.07, 6.45) is 3.03. The van der Waals surface area contributed by atoms with Crippen molar-refractivity contribution < 1.29 is 14.3 Å². The molecule has 0 bridgehead atoms. The van der Waals surface area contributed by atoms with E-state index in [4.69, 9.17) is 0 Å². The molecule has 0 atom stereocenters. The summed E-state index contributed by atoms with van der Waals surface area (Å²) in [5, 5.41) is 2.91. The maximum atomic E-state index is 12.0. The second-order valence-electron chi connectivity index (χ2n) is 4.67. The molecule has 0 saturated heterocycles. The Morgan fingerprint density at radius 2 is 2.05 bits per heavy atom. The zero-order valence-corrected chi connectivity index (χ0v) is 13.5. The molecule has 1 rings (SSSR count). The van der Waals surface area contributed by atoms with Crippen molar-refractivity contribution in [2.24, 2.45) is 0 Å². The van der Waals surface area contributed by atoms with Gasteiger partial charge in [-0.05, 0) is 38.4 Å². The minimum atomic E-state index is -0.221. The number of thioether (sulfide) groups is 1. The van der Waals surface area contributed by atoms with Crippen molar-refractivity contribution in [1.29, 1.82) is 0 Å². The predicted molar refractivity (Wildman–Crippen MR) is 85.6 cm³/mol. The fourth-order valence-corrected chi connectivity index (χ4v) is 2.41. The molecule has 0 aliphatic carbocycles. The molecular formula is C15H22N2O3S. The van der Waals surface area contributed by atoms with Crippen molar-refractivity contribution in [1.82, 2.24) is 4.90 Å². The van der Waals surface area contributed by atoms with Crippen molar-refractivity contribution in [2.75, 3.05) is 38.8 Å². The molecule has 0 saturated carbocycles. The molecule has 0 aromatic heterocycles. The number of carbonyl (C=O) groups excluding carboxylic acids is 2. The number of nitrogens with one attached hydrogen (secondary N) is 1. The first kappa shape index (κ1) is 17.5. The zero-order chi connectivity index (χ0) is 15.7. The molecule has 0 aliphatic heterocycles. The number of ether oxygens (including phenoxy) is 1. The molecule has 1 N–H and O–H groups in total. The molecule has 1 aromatic carbocycles. The van der Waals surface area contributed by atoms with Crippen LogP contribution in [0.2, 0.25) is 0 Å². The van der Waals surface area contributed by atoms with Crippen molar-refractivity contribution in [3.8, 4) is 0 Å². The van der Waals surface area contributed by atoms with Gasteiger partial charge in [-0.1, -0.05) is 12.1 Å². The number of likely N-dealkylation sites (N-methyl/N-ethyl adjacent to an activating group) is 1. The minimum Gasteiger partial charge on any atom is -0.469 e. The second-order valence-corrected chi connectivity index (χ2v) is 5.51. The standard InChI is InChI=1S/C15H22N2O3S/c1-17(10-6-9-15(19)20-2)11-14(18)16-12-7-4-5-8-13(12)21-3/h4-5,7-8H,6,9-11H2,1-3H3,(H,16,18). The topological polar surface area (TPSA) is 58.6 Å². The Morgan fingerprint density at radius 1 is 1.33 bits per heavy atom. The highest BCUT2D eigenvalue weighted by atomic mass is 32.2. The molecule has 0 spiro atoms. The number of carbonyl (C=O) groups is 2. The number of para-hydroxylation sites is 1. The largest absolute Gasteiger partial charge is 0.469 e. The molecular weight excluding hydrogens is 288 g/mol. The van der Waals surface area contributed by atoms with Gasteiger partial charge in [0.15, 0.2) is 0 Å². The number of nitrogens with zero attached hydrogens (tertiary/aromatic N) is 1. The third kappa shape index (κ3) is 6.64. The highest BCUT2D eigenvalue weighted by Crippen LogP contribution is 2.24. The Balaban J connectivity index is 2.37. The molecule has 1 amide bonds. The Labute approximate surface area is 130 Å². The molecule has 1 aromatic rings. The summed E-state index contributed by atoms with van der Waals surface area (Å²) >= 11 is 1.60. The van der Waals surface area contributed by atoms with Crippen molar-refractivity contribution in [2.45, 2.75) is 17.7 Å². The lowest BCUT2D eigenvalue weighted by molar-refractivity contribution is -0.140. The first-order chi connectivity index (χ1) is 10.1. The summed E-state index contributed by atoms with van der Waals surface area (Å²) in [7, 11) is 3.24. The van der Waals surface area contributed by atoms with Gasteiger partial charge in [-0.25, -0.2) is 0 Å². The minimum absolute atomic E-state index is 0.0583. The normalized spacial score (nSPS) is 10.5. The Bertz CT molecular complexity index is 480. The van der Waals surface area contributed by atoms with E-state index in [1.807, 2.05) is 42.5 Å². The number of hydrogen-bond acceptors (Lipinski definition) is 5. The van der Waals surface area contributed by atoms with Crippen LogP contribution in [0.25, 0.3) is 0 Å². The maximum absolute atomic E-state index is 12.0. The number of rotatable bonds is 8. The fourth-order valence-electron chi connectivity index (χ4n) is 1.86. The van der Waals surface area contributed by atoms with E-state index in [9.17, 15) is 9.59 Å². The second kappa shape index (κ2) is 9.41. The van der Waals surface area contributed by atoms with Gasteiger partial charge in [-0.2, -0.15) is 0 Å². The summed E-state index contributed by atoms with van der Waals surface area (Å²) in [6, 6.07) is 7.71. The lowest BCUT2D eigenvalue weighted by Crippen LogP contribution is -2.31. The van der Waals surface area contributed by atoms with Crippen LogP contribution in [-0.2, 0) is 14.3 Å². The molecule has 6 heteroatoms. The van der Waals surface area contributed by atoms with Crippen LogP contribution >= 0.6 is 11.8 Å². The van der Waals surface area contributed by atoms with Gasteiger partial charge in [0.1, 0.15) is 0 Å². The van der Waals surface area contributed by atoms with Crippen molar-refractivity contribution in [3.05, 3.63) is 24.3 Å². The van der Waals surface area contributed by atoms with Crippen molar-refractivity contribution >= 4 is 29.3 Å². The van der Waals surface area contributed by atoms with E-state index < -0.39 is 0 Å². The monoisotopic (exact) mass is 310 g/mol. The van der Waals surface area contributed by atoms with E-state index in [0.717, 1.165) is 10.6 Å². The average molecular weight is 310 g/mol. The smallest absolute Gasteiger partial charge is 0.305 e. The molecule has 5 nitrogen and oxygen atoms in total. The van der Waals surface area contributed by atoms with Crippen LogP contribution in [0.5, 0.6) is 0 Å². The summed E-state index contributed by atoms with van der Waals surface area (Å²) in [5.41, 5.74) is 0.831. The molecule has 0 aliphatic rings. The predicted octanol–water partition coefficient (Wildman–Crippen LogP) is 2.23. The molecule has 116 valence electrons. The first-order valence-corrected chi connectivity index (χ1v) is 7.97. The molecule has 0 fully saturated rings. The third-order valence-electron chi connectivity index (χ3n) is 2.94. The summed E-state index contributed by atoms with van der Waals surface area (Å²) < 4.78 is 4.58. The molecule has 0 heterocycles. The van der Waals surface area contributed by atoms with E-state index in [2.05, 4.69) is 10.1 Å². The van der Waals surface area contributed by atoms with E-state index in [-0.39, 0.29) is 11.9 Å². The van der Waals surface area contributed by atoms with Crippen LogP contribution < -0.4 is 5.32 Å². The highest BCUT2D eigenvalue weighted by molar-refractivity contribution is 7.98. The van der Waals surface area contributed by atoms with E-state index in [1.54, 1.807) is 11.8 Å². The van der Waals surface area contributed by atoms with Gasteiger partial charge < -0.3 is 10.1 Å². The number of anilines is 1. The van der Waals surface area contributed by atoms with Crippen LogP contribution in [0.4, 0.5) is 5.69 Å². The van der Waals surface area contributed by atoms with Crippen LogP contribution in [0.3, 0.4) is 0 Å². The number of methoxy groups -OCH3 is 1. The maximum Gasteiger partial charge on any atom is 0.305 e. The van der Waals surface area contributed by atoms with Crippen LogP contribution in [-0.4, -0.2) is 50.3 Å². The third-order valence-corrected chi connectivity index (χ3v) is 3.74. The zero-order valence-electron chi connectivity index (χ0n) is 12.7. The van der Waals surface area contributed by atoms with Gasteiger partial charge in [-0.3, -0.25) is 14.5 Å². The Morgan fingerprint density at radius 3 is 2.71 bits per heavy atom. The average Bonchev–Trinajstić information content (AvgIpc) is 2.47. The number of benzene rings is 1. The summed E-state index contributed by atoms with van der Waals surface area (Å²) in [5.74, 6) is -0.279. The Hall–Kier alpha value is -1.53. The van der Waals surface area contributed by atoms with Gasteiger partial charge in [0, 0.05) is 11.3 Å². The summed E-state index contributed by atoms with van der Waals surface area (Å²) in [6.45, 7) is 0.969. The van der Waals surface area contributed by atoms with Crippen LogP contribution in [0.1, 0.15) is 12.8 Å². The molecule has 0 radical (unpaired) electrons. The van der Waals surface area contributed by atoms with Gasteiger partial charge in [0.05, 0.1) is 19.3 Å². The highest BCUT2D eigenvalue weighted by Gasteiger charge is 2.09. The van der Waals surface area contributed by atoms with Crippen LogP contribution in [0, 0.1) is 0 Å². The number of hydrogen-bond donors (Lipinski definition) is 1. The van der Waals surface area contributed by atoms with Gasteiger partial charge in [0.25, 0.3) is 0 Å². The molecule has 0 unspecified atom stereocenters. The van der Waals surface area contributed by atoms with Gasteiger partial charge in [-0.15, -0.1) is 11.8 Å². The van der Waals surface area contributed by atoms with E-state index >= 15 is 0 Å². The number of esters is 1. The SMILES string of the molecule is COC(=O)CCCN(C)CC(=O)Nc1ccccc1SC.